The SMILES string of the molecule is CCC(C)(C(C)CC(C(=O)NC(C)(C)CC(C)(C)C)C(C)C)C(C)N1CCCC1=O. The average Bonchev–Trinajstić information content (AvgIpc) is 3.00. The van der Waals surface area contributed by atoms with Crippen LogP contribution in [0.4, 0.5) is 0 Å². The Bertz CT molecular complexity index is 590. The van der Waals surface area contributed by atoms with E-state index in [9.17, 15) is 9.59 Å². The highest BCUT2D eigenvalue weighted by atomic mass is 16.2. The van der Waals surface area contributed by atoms with Gasteiger partial charge in [-0.1, -0.05) is 55.4 Å². The molecule has 176 valence electrons. The maximum absolute atomic E-state index is 13.3. The van der Waals surface area contributed by atoms with E-state index in [-0.39, 0.29) is 46.1 Å². The molecule has 0 aromatic rings. The molecule has 30 heavy (non-hydrogen) atoms. The number of nitrogens with one attached hydrogen (secondary N) is 1. The third-order valence-corrected chi connectivity index (χ3v) is 7.60. The minimum absolute atomic E-state index is 0.00561. The van der Waals surface area contributed by atoms with Crippen molar-refractivity contribution in [2.75, 3.05) is 6.54 Å². The van der Waals surface area contributed by atoms with Crippen LogP contribution in [0.15, 0.2) is 0 Å². The summed E-state index contributed by atoms with van der Waals surface area (Å²) >= 11 is 0. The van der Waals surface area contributed by atoms with Crippen LogP contribution in [0.1, 0.15) is 108 Å². The fourth-order valence-corrected chi connectivity index (χ4v) is 5.62. The summed E-state index contributed by atoms with van der Waals surface area (Å²) in [7, 11) is 0. The average molecular weight is 423 g/mol. The van der Waals surface area contributed by atoms with Gasteiger partial charge >= 0.3 is 0 Å². The number of hydrogen-bond donors (Lipinski definition) is 1. The zero-order valence-electron chi connectivity index (χ0n) is 21.8. The van der Waals surface area contributed by atoms with Gasteiger partial charge in [0.25, 0.3) is 0 Å². The molecule has 4 unspecified atom stereocenters. The van der Waals surface area contributed by atoms with E-state index in [1.807, 2.05) is 0 Å². The molecule has 0 aromatic heterocycles. The third-order valence-electron chi connectivity index (χ3n) is 7.60. The second-order valence-corrected chi connectivity index (χ2v) is 12.3. The van der Waals surface area contributed by atoms with E-state index >= 15 is 0 Å². The van der Waals surface area contributed by atoms with E-state index in [4.69, 9.17) is 0 Å². The number of carbonyl (C=O) groups is 2. The van der Waals surface area contributed by atoms with Crippen LogP contribution in [0.3, 0.4) is 0 Å². The van der Waals surface area contributed by atoms with Gasteiger partial charge in [-0.15, -0.1) is 0 Å². The van der Waals surface area contributed by atoms with Crippen molar-refractivity contribution in [3.8, 4) is 0 Å². The maximum atomic E-state index is 13.3. The molecule has 1 aliphatic rings. The largest absolute Gasteiger partial charge is 0.351 e. The van der Waals surface area contributed by atoms with Crippen LogP contribution in [0, 0.1) is 28.6 Å². The maximum Gasteiger partial charge on any atom is 0.223 e. The van der Waals surface area contributed by atoms with E-state index < -0.39 is 0 Å². The van der Waals surface area contributed by atoms with Gasteiger partial charge in [0.15, 0.2) is 0 Å². The van der Waals surface area contributed by atoms with E-state index in [0.717, 1.165) is 32.2 Å². The summed E-state index contributed by atoms with van der Waals surface area (Å²) in [6.45, 7) is 25.1. The molecular formula is C26H50N2O2. The fourth-order valence-electron chi connectivity index (χ4n) is 5.62. The number of carbonyl (C=O) groups excluding carboxylic acids is 2. The number of nitrogens with zero attached hydrogens (tertiary/aromatic N) is 1. The summed E-state index contributed by atoms with van der Waals surface area (Å²) in [5.41, 5.74) is -0.0702. The van der Waals surface area contributed by atoms with Gasteiger partial charge in [0.2, 0.25) is 11.8 Å². The number of likely N-dealkylation sites (tertiary alicyclic amines) is 1. The summed E-state index contributed by atoms with van der Waals surface area (Å²) in [6.07, 6.45) is 4.44. The molecule has 1 heterocycles. The summed E-state index contributed by atoms with van der Waals surface area (Å²) in [5, 5.41) is 3.36. The number of rotatable bonds is 10. The van der Waals surface area contributed by atoms with Crippen LogP contribution in [0.25, 0.3) is 0 Å². The van der Waals surface area contributed by atoms with E-state index in [2.05, 4.69) is 86.4 Å². The topological polar surface area (TPSA) is 49.4 Å². The van der Waals surface area contributed by atoms with E-state index in [0.29, 0.717) is 12.3 Å². The molecule has 1 saturated heterocycles. The molecule has 0 radical (unpaired) electrons. The fraction of sp³-hybridized carbons (Fsp3) is 0.923. The van der Waals surface area contributed by atoms with Crippen LogP contribution >= 0.6 is 0 Å². The van der Waals surface area contributed by atoms with Crippen LogP contribution in [-0.2, 0) is 9.59 Å². The monoisotopic (exact) mass is 422 g/mol. The van der Waals surface area contributed by atoms with Gasteiger partial charge in [0.1, 0.15) is 0 Å². The van der Waals surface area contributed by atoms with Crippen LogP contribution in [-0.4, -0.2) is 34.8 Å². The minimum atomic E-state index is -0.227. The summed E-state index contributed by atoms with van der Waals surface area (Å²) in [6, 6.07) is 0.195. The van der Waals surface area contributed by atoms with Gasteiger partial charge in [-0.05, 0) is 69.1 Å². The van der Waals surface area contributed by atoms with Crippen molar-refractivity contribution >= 4 is 11.8 Å². The summed E-state index contributed by atoms with van der Waals surface area (Å²) in [5.74, 6) is 1.06. The highest BCUT2D eigenvalue weighted by molar-refractivity contribution is 5.80. The van der Waals surface area contributed by atoms with Crippen molar-refractivity contribution in [1.29, 1.82) is 0 Å². The Hall–Kier alpha value is -1.06. The molecule has 1 fully saturated rings. The van der Waals surface area contributed by atoms with Crippen molar-refractivity contribution in [1.82, 2.24) is 10.2 Å². The lowest BCUT2D eigenvalue weighted by molar-refractivity contribution is -0.134. The molecule has 0 aliphatic carbocycles. The molecule has 0 aromatic carbocycles. The Morgan fingerprint density at radius 1 is 1.07 bits per heavy atom. The molecule has 1 N–H and O–H groups in total. The second-order valence-electron chi connectivity index (χ2n) is 12.3. The van der Waals surface area contributed by atoms with Gasteiger partial charge in [-0.2, -0.15) is 0 Å². The molecule has 1 rings (SSSR count). The lowest BCUT2D eigenvalue weighted by Crippen LogP contribution is -2.51. The third kappa shape index (κ3) is 6.99. The van der Waals surface area contributed by atoms with Gasteiger partial charge in [0.05, 0.1) is 0 Å². The zero-order chi connectivity index (χ0) is 23.5. The second kappa shape index (κ2) is 10.0. The Kier molecular flexibility index (Phi) is 9.03. The Morgan fingerprint density at radius 3 is 2.03 bits per heavy atom. The Labute approximate surface area is 186 Å². The van der Waals surface area contributed by atoms with Crippen molar-refractivity contribution in [2.45, 2.75) is 120 Å². The first-order chi connectivity index (χ1) is 13.5. The predicted molar refractivity (Wildman–Crippen MR) is 127 cm³/mol. The molecule has 4 heteroatoms. The molecule has 4 nitrogen and oxygen atoms in total. The van der Waals surface area contributed by atoms with E-state index in [1.54, 1.807) is 0 Å². The van der Waals surface area contributed by atoms with Gasteiger partial charge < -0.3 is 10.2 Å². The van der Waals surface area contributed by atoms with Gasteiger partial charge in [-0.25, -0.2) is 0 Å². The minimum Gasteiger partial charge on any atom is -0.351 e. The first-order valence-electron chi connectivity index (χ1n) is 12.2. The molecule has 0 spiro atoms. The van der Waals surface area contributed by atoms with Crippen molar-refractivity contribution < 1.29 is 9.59 Å². The van der Waals surface area contributed by atoms with E-state index in [1.165, 1.54) is 0 Å². The lowest BCUT2D eigenvalue weighted by atomic mass is 9.66. The zero-order valence-corrected chi connectivity index (χ0v) is 21.8. The number of hydrogen-bond acceptors (Lipinski definition) is 2. The normalized spacial score (nSPS) is 20.8. The molecule has 4 atom stereocenters. The highest BCUT2D eigenvalue weighted by Crippen LogP contribution is 2.42. The first-order valence-corrected chi connectivity index (χ1v) is 12.2. The van der Waals surface area contributed by atoms with Gasteiger partial charge in [0, 0.05) is 30.5 Å². The number of amides is 2. The highest BCUT2D eigenvalue weighted by Gasteiger charge is 2.43. The molecule has 0 bridgehead atoms. The standard InChI is InChI=1S/C26H50N2O2/c1-12-26(11,20(5)28-15-13-14-22(28)29)19(4)16-21(18(2)3)23(30)27-25(9,10)17-24(6,7)8/h18-21H,12-17H2,1-11H3,(H,27,30). The van der Waals surface area contributed by atoms with Crippen LogP contribution in [0.2, 0.25) is 0 Å². The summed E-state index contributed by atoms with van der Waals surface area (Å²) in [4.78, 5) is 27.8. The van der Waals surface area contributed by atoms with Crippen molar-refractivity contribution in [2.24, 2.45) is 28.6 Å². The first kappa shape index (κ1) is 27.0. The predicted octanol–water partition coefficient (Wildman–Crippen LogP) is 6.04. The lowest BCUT2D eigenvalue weighted by Gasteiger charge is -2.46. The van der Waals surface area contributed by atoms with Crippen molar-refractivity contribution in [3.05, 3.63) is 0 Å². The Balaban J connectivity index is 2.97. The smallest absolute Gasteiger partial charge is 0.223 e. The summed E-state index contributed by atoms with van der Waals surface area (Å²) < 4.78 is 0. The Morgan fingerprint density at radius 2 is 1.63 bits per heavy atom. The van der Waals surface area contributed by atoms with Crippen molar-refractivity contribution in [3.63, 3.8) is 0 Å². The molecule has 0 saturated carbocycles. The molecular weight excluding hydrogens is 372 g/mol. The quantitative estimate of drug-likeness (QED) is 0.466. The molecule has 1 aliphatic heterocycles. The van der Waals surface area contributed by atoms with Crippen LogP contribution < -0.4 is 5.32 Å². The van der Waals surface area contributed by atoms with Crippen LogP contribution in [0.5, 0.6) is 0 Å². The molecule has 2 amide bonds. The van der Waals surface area contributed by atoms with Gasteiger partial charge in [-0.3, -0.25) is 9.59 Å².